The van der Waals surface area contributed by atoms with Crippen molar-refractivity contribution < 1.29 is 22.7 Å². The van der Waals surface area contributed by atoms with Crippen LogP contribution in [0.2, 0.25) is 0 Å². The fourth-order valence-corrected chi connectivity index (χ4v) is 2.58. The van der Waals surface area contributed by atoms with Gasteiger partial charge in [0.25, 0.3) is 0 Å². The Kier molecular flexibility index (Phi) is 5.53. The Balaban J connectivity index is 1.90. The number of hydrogen-bond donors (Lipinski definition) is 2. The molecule has 0 radical (unpaired) electrons. The Morgan fingerprint density at radius 3 is 2.25 bits per heavy atom. The molecule has 2 aromatic carbocycles. The third-order valence-corrected chi connectivity index (χ3v) is 3.83. The summed E-state index contributed by atoms with van der Waals surface area (Å²) in [7, 11) is 1.44. The number of nitrogens with zero attached hydrogens (tertiary/aromatic N) is 2. The number of anilines is 2. The molecular formula is C19H17F3N4O2. The summed E-state index contributed by atoms with van der Waals surface area (Å²) in [6, 6.07) is 17.1. The highest BCUT2D eigenvalue weighted by Crippen LogP contribution is 2.39. The van der Waals surface area contributed by atoms with Crippen LogP contribution < -0.4 is 10.6 Å². The Morgan fingerprint density at radius 2 is 1.68 bits per heavy atom. The van der Waals surface area contributed by atoms with Crippen LogP contribution >= 0.6 is 0 Å². The average molecular weight is 390 g/mol. The number of carbonyl (C=O) groups excluding carboxylic acids is 1. The Morgan fingerprint density at radius 1 is 1.07 bits per heavy atom. The number of aromatic nitrogens is 2. The second kappa shape index (κ2) is 8.03. The van der Waals surface area contributed by atoms with Gasteiger partial charge in [0, 0.05) is 7.05 Å². The first-order valence-electron chi connectivity index (χ1n) is 8.31. The molecule has 0 saturated carbocycles. The molecule has 1 heterocycles. The molecule has 0 atom stereocenters. The van der Waals surface area contributed by atoms with E-state index in [0.717, 1.165) is 4.68 Å². The number of carbonyl (C=O) groups is 1. The first-order valence-corrected chi connectivity index (χ1v) is 8.31. The zero-order valence-electron chi connectivity index (χ0n) is 14.8. The highest BCUT2D eigenvalue weighted by atomic mass is 19.4. The Bertz CT molecular complexity index is 941. The summed E-state index contributed by atoms with van der Waals surface area (Å²) in [4.78, 5) is 12.1. The zero-order valence-corrected chi connectivity index (χ0v) is 14.8. The van der Waals surface area contributed by atoms with Crippen molar-refractivity contribution in [3.8, 4) is 5.69 Å². The molecule has 0 spiro atoms. The Hall–Kier alpha value is -3.49. The summed E-state index contributed by atoms with van der Waals surface area (Å²) in [6.07, 6.45) is -5.79. The van der Waals surface area contributed by atoms with Gasteiger partial charge in [0.1, 0.15) is 12.3 Å². The van der Waals surface area contributed by atoms with Gasteiger partial charge in [-0.2, -0.15) is 18.3 Å². The van der Waals surface area contributed by atoms with Crippen molar-refractivity contribution in [3.05, 3.63) is 71.9 Å². The minimum Gasteiger partial charge on any atom is -0.444 e. The van der Waals surface area contributed by atoms with Crippen LogP contribution in [0.1, 0.15) is 11.3 Å². The van der Waals surface area contributed by atoms with Gasteiger partial charge in [-0.3, -0.25) is 5.32 Å². The van der Waals surface area contributed by atoms with Gasteiger partial charge in [0.15, 0.2) is 11.5 Å². The van der Waals surface area contributed by atoms with E-state index in [1.807, 2.05) is 0 Å². The van der Waals surface area contributed by atoms with Crippen molar-refractivity contribution in [2.45, 2.75) is 12.8 Å². The molecule has 6 nitrogen and oxygen atoms in total. The highest BCUT2D eigenvalue weighted by Gasteiger charge is 2.40. The summed E-state index contributed by atoms with van der Waals surface area (Å²) < 4.78 is 46.6. The molecule has 3 rings (SSSR count). The van der Waals surface area contributed by atoms with Crippen LogP contribution in [0.25, 0.3) is 5.69 Å². The maximum absolute atomic E-state index is 13.5. The molecule has 9 heteroatoms. The van der Waals surface area contributed by atoms with Crippen molar-refractivity contribution in [3.63, 3.8) is 0 Å². The van der Waals surface area contributed by atoms with Gasteiger partial charge in [-0.15, -0.1) is 0 Å². The summed E-state index contributed by atoms with van der Waals surface area (Å²) in [5.74, 6) is -0.0183. The predicted molar refractivity (Wildman–Crippen MR) is 98.4 cm³/mol. The van der Waals surface area contributed by atoms with Gasteiger partial charge >= 0.3 is 12.3 Å². The van der Waals surface area contributed by atoms with Crippen molar-refractivity contribution in [2.75, 3.05) is 17.7 Å². The molecular weight excluding hydrogens is 373 g/mol. The van der Waals surface area contributed by atoms with Gasteiger partial charge < -0.3 is 10.1 Å². The van der Waals surface area contributed by atoms with E-state index >= 15 is 0 Å². The van der Waals surface area contributed by atoms with Crippen LogP contribution in [-0.2, 0) is 17.5 Å². The number of alkyl halides is 3. The van der Waals surface area contributed by atoms with Crippen LogP contribution in [0.15, 0.2) is 60.7 Å². The molecule has 28 heavy (non-hydrogen) atoms. The second-order valence-electron chi connectivity index (χ2n) is 5.75. The maximum Gasteiger partial charge on any atom is 0.437 e. The van der Waals surface area contributed by atoms with E-state index in [2.05, 4.69) is 15.7 Å². The van der Waals surface area contributed by atoms with Crippen LogP contribution in [0.3, 0.4) is 0 Å². The van der Waals surface area contributed by atoms with E-state index in [1.165, 1.54) is 7.05 Å². The zero-order chi connectivity index (χ0) is 20.1. The lowest BCUT2D eigenvalue weighted by molar-refractivity contribution is -0.140. The van der Waals surface area contributed by atoms with Crippen molar-refractivity contribution in [1.82, 2.24) is 9.78 Å². The quantitative estimate of drug-likeness (QED) is 0.664. The van der Waals surface area contributed by atoms with Crippen molar-refractivity contribution in [2.24, 2.45) is 0 Å². The minimum absolute atomic E-state index is 0.0183. The third kappa shape index (κ3) is 4.25. The predicted octanol–water partition coefficient (Wildman–Crippen LogP) is 4.68. The van der Waals surface area contributed by atoms with Gasteiger partial charge in [-0.25, -0.2) is 9.48 Å². The molecule has 0 fully saturated rings. The molecule has 2 N–H and O–H groups in total. The highest BCUT2D eigenvalue weighted by molar-refractivity contribution is 5.90. The van der Waals surface area contributed by atoms with E-state index in [4.69, 9.17) is 4.74 Å². The van der Waals surface area contributed by atoms with Gasteiger partial charge in [-0.1, -0.05) is 48.5 Å². The van der Waals surface area contributed by atoms with E-state index in [0.29, 0.717) is 11.3 Å². The number of ether oxygens (including phenoxy) is 1. The molecule has 0 saturated heterocycles. The molecule has 0 unspecified atom stereocenters. The molecule has 1 amide bonds. The van der Waals surface area contributed by atoms with Gasteiger partial charge in [0.2, 0.25) is 0 Å². The topological polar surface area (TPSA) is 68.2 Å². The molecule has 1 aromatic heterocycles. The number of rotatable bonds is 5. The lowest BCUT2D eigenvalue weighted by Gasteiger charge is -2.11. The van der Waals surface area contributed by atoms with Crippen LogP contribution in [-0.4, -0.2) is 22.9 Å². The molecule has 0 bridgehead atoms. The second-order valence-corrected chi connectivity index (χ2v) is 5.75. The van der Waals surface area contributed by atoms with E-state index in [9.17, 15) is 18.0 Å². The molecule has 0 aliphatic heterocycles. The van der Waals surface area contributed by atoms with E-state index < -0.39 is 23.7 Å². The van der Waals surface area contributed by atoms with Gasteiger partial charge in [0.05, 0.1) is 5.69 Å². The number of nitrogens with one attached hydrogen (secondary N) is 2. The summed E-state index contributed by atoms with van der Waals surface area (Å²) in [5, 5.41) is 8.49. The summed E-state index contributed by atoms with van der Waals surface area (Å²) >= 11 is 0. The van der Waals surface area contributed by atoms with Crippen LogP contribution in [0.5, 0.6) is 0 Å². The molecule has 0 aliphatic carbocycles. The van der Waals surface area contributed by atoms with E-state index in [1.54, 1.807) is 60.7 Å². The number of hydrogen-bond acceptors (Lipinski definition) is 4. The normalized spacial score (nSPS) is 11.1. The fraction of sp³-hybridized carbons (Fsp3) is 0.158. The molecule has 146 valence electrons. The Labute approximate surface area is 158 Å². The van der Waals surface area contributed by atoms with Crippen LogP contribution in [0.4, 0.5) is 29.5 Å². The number of para-hydroxylation sites is 1. The lowest BCUT2D eigenvalue weighted by Crippen LogP contribution is -2.17. The summed E-state index contributed by atoms with van der Waals surface area (Å²) in [5.41, 5.74) is -0.611. The summed E-state index contributed by atoms with van der Waals surface area (Å²) in [6.45, 7) is -0.0737. The number of amides is 1. The smallest absolute Gasteiger partial charge is 0.437 e. The first-order chi connectivity index (χ1) is 13.4. The largest absolute Gasteiger partial charge is 0.444 e. The standard InChI is InChI=1S/C19H17F3N4O2/c1-23-17-15(24-18(27)28-12-13-8-4-2-5-9-13)16(19(20,21)22)25-26(17)14-10-6-3-7-11-14/h2-11,23H,12H2,1H3,(H,24,27). The van der Waals surface area contributed by atoms with E-state index in [-0.39, 0.29) is 12.4 Å². The first kappa shape index (κ1) is 19.3. The molecule has 3 aromatic rings. The van der Waals surface area contributed by atoms with Crippen molar-refractivity contribution >= 4 is 17.6 Å². The maximum atomic E-state index is 13.5. The lowest BCUT2D eigenvalue weighted by atomic mass is 10.2. The molecule has 0 aliphatic rings. The minimum atomic E-state index is -4.77. The third-order valence-electron chi connectivity index (χ3n) is 3.83. The number of halogens is 3. The van der Waals surface area contributed by atoms with Gasteiger partial charge in [-0.05, 0) is 17.7 Å². The van der Waals surface area contributed by atoms with Crippen LogP contribution in [0, 0.1) is 0 Å². The van der Waals surface area contributed by atoms with Crippen molar-refractivity contribution in [1.29, 1.82) is 0 Å². The monoisotopic (exact) mass is 390 g/mol. The SMILES string of the molecule is CNc1c(NC(=O)OCc2ccccc2)c(C(F)(F)F)nn1-c1ccccc1. The number of benzene rings is 2. The fourth-order valence-electron chi connectivity index (χ4n) is 2.58. The average Bonchev–Trinajstić information content (AvgIpc) is 3.06.